The van der Waals surface area contributed by atoms with E-state index in [1.807, 2.05) is 30.3 Å². The second-order valence-corrected chi connectivity index (χ2v) is 10.5. The first-order chi connectivity index (χ1) is 7.93. The van der Waals surface area contributed by atoms with Gasteiger partial charge in [0.15, 0.2) is 0 Å². The lowest BCUT2D eigenvalue weighted by Gasteiger charge is -2.22. The lowest BCUT2D eigenvalue weighted by molar-refractivity contribution is -0.142. The number of esters is 1. The summed E-state index contributed by atoms with van der Waals surface area (Å²) in [5.41, 5.74) is 0.477. The van der Waals surface area contributed by atoms with Gasteiger partial charge in [0, 0.05) is 0 Å². The maximum absolute atomic E-state index is 12.1. The zero-order valence-electron chi connectivity index (χ0n) is 10.8. The average molecular weight is 246 g/mol. The summed E-state index contributed by atoms with van der Waals surface area (Å²) in [6.45, 7) is 6.77. The molecule has 1 atom stereocenters. The highest BCUT2D eigenvalue weighted by Gasteiger charge is 2.57. The molecule has 0 saturated carbocycles. The third-order valence-electron chi connectivity index (χ3n) is 3.25. The average Bonchev–Trinajstić information content (AvgIpc) is 3.05. The molecule has 0 bridgehead atoms. The SMILES string of the molecule is COC(=O)C1(c2ccccc2)C=C1[Si](C)(C)C. The van der Waals surface area contributed by atoms with Crippen molar-refractivity contribution in [2.45, 2.75) is 25.1 Å². The molecular formula is C14H18O2Si. The van der Waals surface area contributed by atoms with E-state index in [4.69, 9.17) is 4.74 Å². The fraction of sp³-hybridized carbons (Fsp3) is 0.357. The highest BCUT2D eigenvalue weighted by atomic mass is 28.3. The summed E-state index contributed by atoms with van der Waals surface area (Å²) in [5, 5.41) is 1.28. The highest BCUT2D eigenvalue weighted by molar-refractivity contribution is 6.85. The molecule has 2 nitrogen and oxygen atoms in total. The normalized spacial score (nSPS) is 22.9. The van der Waals surface area contributed by atoms with Crippen LogP contribution < -0.4 is 0 Å². The number of rotatable bonds is 3. The first-order valence-electron chi connectivity index (χ1n) is 5.80. The van der Waals surface area contributed by atoms with Gasteiger partial charge in [-0.1, -0.05) is 61.2 Å². The van der Waals surface area contributed by atoms with Gasteiger partial charge in [0.1, 0.15) is 5.41 Å². The first kappa shape index (κ1) is 12.1. The summed E-state index contributed by atoms with van der Waals surface area (Å²) in [6.07, 6.45) is 2.08. The van der Waals surface area contributed by atoms with Gasteiger partial charge in [0.2, 0.25) is 0 Å². The Morgan fingerprint density at radius 1 is 1.18 bits per heavy atom. The van der Waals surface area contributed by atoms with Crippen molar-refractivity contribution in [3.05, 3.63) is 47.2 Å². The lowest BCUT2D eigenvalue weighted by Crippen LogP contribution is -2.33. The van der Waals surface area contributed by atoms with Crippen LogP contribution >= 0.6 is 0 Å². The lowest BCUT2D eigenvalue weighted by atomic mass is 9.94. The van der Waals surface area contributed by atoms with Gasteiger partial charge in [-0.3, -0.25) is 4.79 Å². The van der Waals surface area contributed by atoms with Crippen molar-refractivity contribution in [1.82, 2.24) is 0 Å². The minimum absolute atomic E-state index is 0.152. The van der Waals surface area contributed by atoms with E-state index < -0.39 is 13.5 Å². The molecule has 0 radical (unpaired) electrons. The topological polar surface area (TPSA) is 26.3 Å². The fourth-order valence-electron chi connectivity index (χ4n) is 2.38. The van der Waals surface area contributed by atoms with Crippen LogP contribution in [0.2, 0.25) is 19.6 Å². The molecule has 1 aliphatic rings. The molecule has 3 heteroatoms. The Kier molecular flexibility index (Phi) is 2.74. The molecule has 0 spiro atoms. The molecule has 1 aromatic carbocycles. The molecule has 0 amide bonds. The summed E-state index contributed by atoms with van der Waals surface area (Å²) >= 11 is 0. The molecule has 2 rings (SSSR count). The van der Waals surface area contributed by atoms with Gasteiger partial charge in [-0.25, -0.2) is 0 Å². The number of hydrogen-bond donors (Lipinski definition) is 0. The second kappa shape index (κ2) is 3.84. The molecule has 1 unspecified atom stereocenters. The highest BCUT2D eigenvalue weighted by Crippen LogP contribution is 2.51. The van der Waals surface area contributed by atoms with Crippen molar-refractivity contribution in [2.24, 2.45) is 0 Å². The summed E-state index contributed by atoms with van der Waals surface area (Å²) in [6, 6.07) is 9.90. The Labute approximate surface area is 103 Å². The van der Waals surface area contributed by atoms with E-state index in [9.17, 15) is 4.79 Å². The van der Waals surface area contributed by atoms with E-state index in [2.05, 4.69) is 25.7 Å². The number of carbonyl (C=O) groups excluding carboxylic acids is 1. The third kappa shape index (κ3) is 1.84. The van der Waals surface area contributed by atoms with E-state index in [-0.39, 0.29) is 5.97 Å². The predicted octanol–water partition coefficient (Wildman–Crippen LogP) is 2.91. The monoisotopic (exact) mass is 246 g/mol. The second-order valence-electron chi connectivity index (χ2n) is 5.47. The van der Waals surface area contributed by atoms with E-state index >= 15 is 0 Å². The zero-order chi connectivity index (χ0) is 12.7. The quantitative estimate of drug-likeness (QED) is 0.605. The van der Waals surface area contributed by atoms with E-state index in [0.29, 0.717) is 0 Å². The number of ether oxygens (including phenoxy) is 1. The van der Waals surface area contributed by atoms with Crippen molar-refractivity contribution in [3.8, 4) is 0 Å². The van der Waals surface area contributed by atoms with Crippen LogP contribution in [-0.4, -0.2) is 21.2 Å². The van der Waals surface area contributed by atoms with Crippen LogP contribution in [0.4, 0.5) is 0 Å². The Bertz CT molecular complexity index is 471. The Balaban J connectivity index is 2.41. The van der Waals surface area contributed by atoms with Crippen molar-refractivity contribution >= 4 is 14.0 Å². The number of benzene rings is 1. The largest absolute Gasteiger partial charge is 0.468 e. The molecule has 90 valence electrons. The van der Waals surface area contributed by atoms with Crippen LogP contribution in [0, 0.1) is 0 Å². The van der Waals surface area contributed by atoms with Gasteiger partial charge in [0.25, 0.3) is 0 Å². The Hall–Kier alpha value is -1.35. The van der Waals surface area contributed by atoms with Crippen LogP contribution in [0.3, 0.4) is 0 Å². The minimum Gasteiger partial charge on any atom is -0.468 e. The number of carbonyl (C=O) groups is 1. The van der Waals surface area contributed by atoms with Gasteiger partial charge < -0.3 is 4.74 Å². The van der Waals surface area contributed by atoms with E-state index in [1.165, 1.54) is 12.3 Å². The third-order valence-corrected chi connectivity index (χ3v) is 5.40. The van der Waals surface area contributed by atoms with Gasteiger partial charge in [-0.05, 0) is 5.56 Å². The standard InChI is InChI=1S/C14H18O2Si/c1-16-13(15)14(10-12(14)17(2,3)4)11-8-6-5-7-9-11/h5-10H,1-4H3. The maximum Gasteiger partial charge on any atom is 0.324 e. The zero-order valence-corrected chi connectivity index (χ0v) is 11.8. The summed E-state index contributed by atoms with van der Waals surface area (Å²) < 4.78 is 4.99. The van der Waals surface area contributed by atoms with Crippen LogP contribution in [0.5, 0.6) is 0 Å². The smallest absolute Gasteiger partial charge is 0.324 e. The van der Waals surface area contributed by atoms with Crippen molar-refractivity contribution in [1.29, 1.82) is 0 Å². The van der Waals surface area contributed by atoms with Crippen molar-refractivity contribution in [2.75, 3.05) is 7.11 Å². The van der Waals surface area contributed by atoms with Gasteiger partial charge in [-0.15, -0.1) is 0 Å². The number of hydrogen-bond acceptors (Lipinski definition) is 2. The van der Waals surface area contributed by atoms with Crippen molar-refractivity contribution in [3.63, 3.8) is 0 Å². The molecule has 0 heterocycles. The molecule has 1 aromatic rings. The Morgan fingerprint density at radius 3 is 2.18 bits per heavy atom. The van der Waals surface area contributed by atoms with Crippen LogP contribution in [0.15, 0.2) is 41.6 Å². The van der Waals surface area contributed by atoms with Gasteiger partial charge in [-0.2, -0.15) is 0 Å². The summed E-state index contributed by atoms with van der Waals surface area (Å²) in [4.78, 5) is 12.1. The van der Waals surface area contributed by atoms with Crippen LogP contribution in [-0.2, 0) is 14.9 Å². The molecule has 0 fully saturated rings. The molecule has 1 aliphatic carbocycles. The first-order valence-corrected chi connectivity index (χ1v) is 9.30. The molecular weight excluding hydrogens is 228 g/mol. The molecule has 17 heavy (non-hydrogen) atoms. The predicted molar refractivity (Wildman–Crippen MR) is 71.6 cm³/mol. The van der Waals surface area contributed by atoms with Crippen LogP contribution in [0.1, 0.15) is 5.56 Å². The summed E-state index contributed by atoms with van der Waals surface area (Å²) in [7, 11) is -0.00108. The molecule has 0 aliphatic heterocycles. The minimum atomic E-state index is -1.46. The molecule has 0 aromatic heterocycles. The van der Waals surface area contributed by atoms with E-state index in [1.54, 1.807) is 0 Å². The summed E-state index contributed by atoms with van der Waals surface area (Å²) in [5.74, 6) is -0.152. The van der Waals surface area contributed by atoms with E-state index in [0.717, 1.165) is 5.56 Å². The maximum atomic E-state index is 12.1. The van der Waals surface area contributed by atoms with Gasteiger partial charge in [0.05, 0.1) is 15.2 Å². The van der Waals surface area contributed by atoms with Gasteiger partial charge >= 0.3 is 5.97 Å². The molecule has 0 N–H and O–H groups in total. The molecule has 0 saturated heterocycles. The Morgan fingerprint density at radius 2 is 1.76 bits per heavy atom. The van der Waals surface area contributed by atoms with Crippen molar-refractivity contribution < 1.29 is 9.53 Å². The number of methoxy groups -OCH3 is 1. The fourth-order valence-corrected chi connectivity index (χ4v) is 4.45. The van der Waals surface area contributed by atoms with Crippen LogP contribution in [0.25, 0.3) is 0 Å².